The van der Waals surface area contributed by atoms with Crippen LogP contribution in [0.3, 0.4) is 0 Å². The molecule has 2 unspecified atom stereocenters. The molecule has 216 valence electrons. The highest BCUT2D eigenvalue weighted by molar-refractivity contribution is 6.45. The van der Waals surface area contributed by atoms with E-state index < -0.39 is 28.8 Å². The lowest BCUT2D eigenvalue weighted by Gasteiger charge is -2.33. The number of benzene rings is 3. The molecule has 2 atom stereocenters. The van der Waals surface area contributed by atoms with Crippen LogP contribution in [-0.4, -0.2) is 46.8 Å². The average Bonchev–Trinajstić information content (AvgIpc) is 3.18. The van der Waals surface area contributed by atoms with Crippen molar-refractivity contribution in [1.29, 1.82) is 0 Å². The lowest BCUT2D eigenvalue weighted by atomic mass is 9.80. The van der Waals surface area contributed by atoms with Crippen LogP contribution in [0.15, 0.2) is 96.0 Å². The number of unbranched alkanes of at least 4 members (excludes halogenated alkanes) is 1. The van der Waals surface area contributed by atoms with Crippen LogP contribution in [0.2, 0.25) is 6.32 Å². The van der Waals surface area contributed by atoms with E-state index >= 15 is 0 Å². The Morgan fingerprint density at radius 3 is 1.83 bits per heavy atom. The maximum Gasteiger partial charge on any atom is 0.457 e. The van der Waals surface area contributed by atoms with Crippen molar-refractivity contribution in [2.75, 3.05) is 0 Å². The molecule has 3 aromatic rings. The molecule has 0 saturated carbocycles. The zero-order chi connectivity index (χ0) is 29.5. The van der Waals surface area contributed by atoms with Gasteiger partial charge in [-0.3, -0.25) is 4.99 Å². The first-order valence-corrected chi connectivity index (χ1v) is 14.5. The lowest BCUT2D eigenvalue weighted by molar-refractivity contribution is -0.150. The van der Waals surface area contributed by atoms with Crippen molar-refractivity contribution in [3.8, 4) is 0 Å². The Kier molecular flexibility index (Phi) is 9.85. The van der Waals surface area contributed by atoms with E-state index in [0.29, 0.717) is 31.5 Å². The van der Waals surface area contributed by atoms with E-state index in [1.165, 1.54) is 0 Å². The smallest absolute Gasteiger partial charge is 0.457 e. The normalized spacial score (nSPS) is 17.9. The Hall–Kier alpha value is -3.26. The third-order valence-electron chi connectivity index (χ3n) is 8.34. The molecule has 41 heavy (non-hydrogen) atoms. The maximum atomic E-state index is 13.3. The third kappa shape index (κ3) is 7.34. The van der Waals surface area contributed by atoms with Crippen molar-refractivity contribution < 1.29 is 23.9 Å². The van der Waals surface area contributed by atoms with Crippen molar-refractivity contribution in [2.24, 2.45) is 4.99 Å². The minimum absolute atomic E-state index is 0.298. The zero-order valence-electron chi connectivity index (χ0n) is 24.9. The van der Waals surface area contributed by atoms with Gasteiger partial charge in [-0.1, -0.05) is 104 Å². The van der Waals surface area contributed by atoms with E-state index in [2.05, 4.69) is 0 Å². The van der Waals surface area contributed by atoms with Crippen LogP contribution < -0.4 is 0 Å². The topological polar surface area (TPSA) is 77.3 Å². The second kappa shape index (κ2) is 13.2. The summed E-state index contributed by atoms with van der Waals surface area (Å²) in [5, 5.41) is 10.8. The molecule has 0 aliphatic carbocycles. The molecule has 0 spiro atoms. The molecule has 0 aromatic heterocycles. The van der Waals surface area contributed by atoms with Gasteiger partial charge in [-0.15, -0.1) is 0 Å². The Bertz CT molecular complexity index is 1240. The largest absolute Gasteiger partial charge is 0.479 e. The number of carboxylic acids is 1. The maximum absolute atomic E-state index is 13.3. The second-order valence-corrected chi connectivity index (χ2v) is 11.8. The van der Waals surface area contributed by atoms with Gasteiger partial charge in [-0.2, -0.15) is 0 Å². The molecule has 1 fully saturated rings. The molecule has 7 heteroatoms. The lowest BCUT2D eigenvalue weighted by Crippen LogP contribution is -2.48. The van der Waals surface area contributed by atoms with Gasteiger partial charge in [0.2, 0.25) is 0 Å². The zero-order valence-corrected chi connectivity index (χ0v) is 24.9. The number of hydrogen-bond donors (Lipinski definition) is 1. The van der Waals surface area contributed by atoms with Crippen LogP contribution in [0.1, 0.15) is 70.6 Å². The quantitative estimate of drug-likeness (QED) is 0.137. The number of carbonyl (C=O) groups is 1. The monoisotopic (exact) mass is 555 g/mol. The van der Waals surface area contributed by atoms with Gasteiger partial charge >= 0.3 is 13.1 Å². The molecular formula is C34H42BNO5. The fourth-order valence-electron chi connectivity index (χ4n) is 5.09. The van der Waals surface area contributed by atoms with Crippen molar-refractivity contribution in [3.63, 3.8) is 0 Å². The minimum Gasteiger partial charge on any atom is -0.479 e. The summed E-state index contributed by atoms with van der Waals surface area (Å²) in [6.07, 6.45) is 1.64. The average molecular weight is 556 g/mol. The number of hydrogen-bond acceptors (Lipinski definition) is 5. The molecular weight excluding hydrogens is 513 g/mol. The van der Waals surface area contributed by atoms with Gasteiger partial charge in [-0.05, 0) is 52.9 Å². The third-order valence-corrected chi connectivity index (χ3v) is 8.34. The van der Waals surface area contributed by atoms with Crippen LogP contribution in [-0.2, 0) is 25.4 Å². The molecule has 0 radical (unpaired) electrons. The van der Waals surface area contributed by atoms with Crippen molar-refractivity contribution in [1.82, 2.24) is 0 Å². The van der Waals surface area contributed by atoms with Crippen LogP contribution in [0.5, 0.6) is 0 Å². The molecule has 1 aliphatic heterocycles. The first-order valence-electron chi connectivity index (χ1n) is 14.5. The summed E-state index contributed by atoms with van der Waals surface area (Å²) in [7, 11) is -0.321. The molecule has 0 amide bonds. The SMILES string of the molecule is CC(OCc1ccccc1)C(CCCCB1OC(C)(C)C(C)(C)O1)(N=C(c1ccccc1)c1ccccc1)C(=O)O. The number of ether oxygens (including phenoxy) is 1. The van der Waals surface area contributed by atoms with Gasteiger partial charge in [0.15, 0.2) is 5.54 Å². The fraction of sp³-hybridized carbons (Fsp3) is 0.412. The highest BCUT2D eigenvalue weighted by Crippen LogP contribution is 2.38. The van der Waals surface area contributed by atoms with Gasteiger partial charge in [0.1, 0.15) is 0 Å². The van der Waals surface area contributed by atoms with Crippen LogP contribution in [0, 0.1) is 0 Å². The highest BCUT2D eigenvalue weighted by Gasteiger charge is 2.51. The molecule has 1 aliphatic rings. The Labute approximate surface area is 244 Å². The number of rotatable bonds is 13. The minimum atomic E-state index is -1.51. The predicted molar refractivity (Wildman–Crippen MR) is 164 cm³/mol. The first kappa shape index (κ1) is 30.7. The summed E-state index contributed by atoms with van der Waals surface area (Å²) >= 11 is 0. The highest BCUT2D eigenvalue weighted by atomic mass is 16.7. The van der Waals surface area contributed by atoms with Gasteiger partial charge in [-0.25, -0.2) is 4.79 Å². The molecule has 0 bridgehead atoms. The predicted octanol–water partition coefficient (Wildman–Crippen LogP) is 7.22. The number of aliphatic imine (C=N–C) groups is 1. The number of aliphatic carboxylic acids is 1. The van der Waals surface area contributed by atoms with Gasteiger partial charge < -0.3 is 19.2 Å². The summed E-state index contributed by atoms with van der Waals surface area (Å²) in [4.78, 5) is 18.4. The molecule has 4 rings (SSSR count). The van der Waals surface area contributed by atoms with E-state index in [1.807, 2.05) is 126 Å². The number of carboxylic acid groups (broad SMARTS) is 1. The summed E-state index contributed by atoms with van der Waals surface area (Å²) < 4.78 is 18.6. The van der Waals surface area contributed by atoms with E-state index in [9.17, 15) is 9.90 Å². The van der Waals surface area contributed by atoms with Gasteiger partial charge in [0.25, 0.3) is 0 Å². The molecule has 6 nitrogen and oxygen atoms in total. The van der Waals surface area contributed by atoms with Crippen molar-refractivity contribution in [3.05, 3.63) is 108 Å². The molecule has 1 heterocycles. The Morgan fingerprint density at radius 1 is 0.854 bits per heavy atom. The number of nitrogens with zero attached hydrogens (tertiary/aromatic N) is 1. The van der Waals surface area contributed by atoms with Crippen molar-refractivity contribution >= 4 is 18.8 Å². The Balaban J connectivity index is 1.64. The van der Waals surface area contributed by atoms with E-state index in [4.69, 9.17) is 19.0 Å². The second-order valence-electron chi connectivity index (χ2n) is 11.8. The van der Waals surface area contributed by atoms with Gasteiger partial charge in [0, 0.05) is 11.1 Å². The van der Waals surface area contributed by atoms with E-state index in [1.54, 1.807) is 0 Å². The van der Waals surface area contributed by atoms with E-state index in [0.717, 1.165) is 23.1 Å². The van der Waals surface area contributed by atoms with Crippen LogP contribution >= 0.6 is 0 Å². The first-order chi connectivity index (χ1) is 19.5. The molecule has 1 N–H and O–H groups in total. The summed E-state index contributed by atoms with van der Waals surface area (Å²) in [5.41, 5.74) is 1.03. The van der Waals surface area contributed by atoms with Crippen LogP contribution in [0.4, 0.5) is 0 Å². The molecule has 3 aromatic carbocycles. The molecule has 1 saturated heterocycles. The van der Waals surface area contributed by atoms with Crippen LogP contribution in [0.25, 0.3) is 0 Å². The standard InChI is InChI=1S/C34H42BNO5/c1-26(39-25-27-17-9-6-10-18-27)34(31(37)38,23-15-16-24-35-40-32(2,3)33(4,5)41-35)36-30(28-19-11-7-12-20-28)29-21-13-8-14-22-29/h6-14,17-22,26H,15-16,23-25H2,1-5H3,(H,37,38). The summed E-state index contributed by atoms with van der Waals surface area (Å²) in [6, 6.07) is 29.3. The van der Waals surface area contributed by atoms with Gasteiger partial charge in [0.05, 0.1) is 29.6 Å². The Morgan fingerprint density at radius 2 is 1.34 bits per heavy atom. The summed E-state index contributed by atoms with van der Waals surface area (Å²) in [5.74, 6) is -1.00. The van der Waals surface area contributed by atoms with E-state index in [-0.39, 0.29) is 7.12 Å². The summed E-state index contributed by atoms with van der Waals surface area (Å²) in [6.45, 7) is 10.3. The van der Waals surface area contributed by atoms with Crippen molar-refractivity contribution in [2.45, 2.75) is 89.7 Å². The fourth-order valence-corrected chi connectivity index (χ4v) is 5.09.